The number of nitrogens with zero attached hydrogens (tertiary/aromatic N) is 3. The highest BCUT2D eigenvalue weighted by molar-refractivity contribution is 7.99. The summed E-state index contributed by atoms with van der Waals surface area (Å²) in [5, 5.41) is 5.49. The fourth-order valence-electron chi connectivity index (χ4n) is 3.66. The summed E-state index contributed by atoms with van der Waals surface area (Å²) in [5.41, 5.74) is 1.29. The molecule has 0 radical (unpaired) electrons. The summed E-state index contributed by atoms with van der Waals surface area (Å²) in [6.07, 6.45) is 1.50. The number of hydrogen-bond acceptors (Lipinski definition) is 9. The Morgan fingerprint density at radius 1 is 1.05 bits per heavy atom. The summed E-state index contributed by atoms with van der Waals surface area (Å²) in [6.45, 7) is 0. The van der Waals surface area contributed by atoms with Gasteiger partial charge in [0.2, 0.25) is 5.91 Å². The predicted molar refractivity (Wildman–Crippen MR) is 153 cm³/mol. The lowest BCUT2D eigenvalue weighted by Gasteiger charge is -2.14. The molecule has 0 aliphatic carbocycles. The zero-order valence-electron chi connectivity index (χ0n) is 20.4. The minimum Gasteiger partial charge on any atom is -0.497 e. The van der Waals surface area contributed by atoms with Crippen LogP contribution in [-0.2, 0) is 14.8 Å². The second-order valence-electron chi connectivity index (χ2n) is 8.05. The highest BCUT2D eigenvalue weighted by atomic mass is 32.2. The van der Waals surface area contributed by atoms with Crippen molar-refractivity contribution in [1.82, 2.24) is 14.5 Å². The number of benzene rings is 3. The average molecular weight is 580 g/mol. The number of hydrogen-bond donors (Lipinski definition) is 2. The number of sulfonamides is 1. The molecule has 1 amide bonds. The van der Waals surface area contributed by atoms with Gasteiger partial charge in [0.15, 0.2) is 10.3 Å². The second kappa shape index (κ2) is 11.3. The van der Waals surface area contributed by atoms with Crippen molar-refractivity contribution in [2.24, 2.45) is 0 Å². The lowest BCUT2D eigenvalue weighted by atomic mass is 10.2. The lowest BCUT2D eigenvalue weighted by molar-refractivity contribution is -0.113. The number of methoxy groups -OCH3 is 1. The van der Waals surface area contributed by atoms with E-state index in [-0.39, 0.29) is 27.2 Å². The summed E-state index contributed by atoms with van der Waals surface area (Å²) in [7, 11) is -2.24. The van der Waals surface area contributed by atoms with Crippen LogP contribution in [0, 0.1) is 0 Å². The highest BCUT2D eigenvalue weighted by Crippen LogP contribution is 2.24. The Bertz CT molecular complexity index is 1790. The number of thiazole rings is 1. The molecule has 0 aliphatic heterocycles. The summed E-state index contributed by atoms with van der Waals surface area (Å²) >= 11 is 2.28. The molecule has 198 valence electrons. The quantitative estimate of drug-likeness (QED) is 0.194. The topological polar surface area (TPSA) is 132 Å². The summed E-state index contributed by atoms with van der Waals surface area (Å²) < 4.78 is 34.1. The van der Waals surface area contributed by atoms with Gasteiger partial charge in [0.1, 0.15) is 5.75 Å². The highest BCUT2D eigenvalue weighted by Gasteiger charge is 2.17. The van der Waals surface area contributed by atoms with Gasteiger partial charge in [-0.1, -0.05) is 23.9 Å². The van der Waals surface area contributed by atoms with Crippen molar-refractivity contribution in [2.75, 3.05) is 22.9 Å². The molecule has 0 spiro atoms. The molecule has 0 unspecified atom stereocenters. The number of anilines is 2. The van der Waals surface area contributed by atoms with Crippen molar-refractivity contribution < 1.29 is 17.9 Å². The summed E-state index contributed by atoms with van der Waals surface area (Å²) in [4.78, 5) is 34.7. The van der Waals surface area contributed by atoms with E-state index in [0.29, 0.717) is 33.2 Å². The molecule has 0 saturated carbocycles. The molecule has 0 atom stereocenters. The van der Waals surface area contributed by atoms with Crippen LogP contribution in [0.15, 0.2) is 99.2 Å². The third-order valence-corrected chi connectivity index (χ3v) is 8.62. The van der Waals surface area contributed by atoms with Crippen LogP contribution < -0.4 is 20.3 Å². The molecule has 0 bridgehead atoms. The van der Waals surface area contributed by atoms with Gasteiger partial charge in [-0.25, -0.2) is 18.4 Å². The first-order valence-corrected chi connectivity index (χ1v) is 14.8. The Hall–Kier alpha value is -4.20. The zero-order valence-corrected chi connectivity index (χ0v) is 22.8. The van der Waals surface area contributed by atoms with Gasteiger partial charge >= 0.3 is 0 Å². The second-order valence-corrected chi connectivity index (χ2v) is 11.6. The average Bonchev–Trinajstić information content (AvgIpc) is 3.45. The van der Waals surface area contributed by atoms with Crippen molar-refractivity contribution in [2.45, 2.75) is 10.1 Å². The van der Waals surface area contributed by atoms with Crippen molar-refractivity contribution in [3.63, 3.8) is 0 Å². The molecule has 0 saturated heterocycles. The Morgan fingerprint density at radius 3 is 2.49 bits per heavy atom. The van der Waals surface area contributed by atoms with E-state index in [1.165, 1.54) is 46.4 Å². The third-order valence-electron chi connectivity index (χ3n) is 5.51. The molecule has 2 aromatic heterocycles. The van der Waals surface area contributed by atoms with Crippen LogP contribution >= 0.6 is 23.1 Å². The number of rotatable bonds is 9. The van der Waals surface area contributed by atoms with Crippen molar-refractivity contribution >= 4 is 60.8 Å². The van der Waals surface area contributed by atoms with E-state index in [9.17, 15) is 18.0 Å². The van der Waals surface area contributed by atoms with Crippen LogP contribution in [0.5, 0.6) is 5.75 Å². The molecule has 13 heteroatoms. The van der Waals surface area contributed by atoms with Crippen LogP contribution in [0.1, 0.15) is 0 Å². The van der Waals surface area contributed by atoms with Crippen LogP contribution in [0.2, 0.25) is 0 Å². The number of fused-ring (bicyclic) bond motifs is 1. The van der Waals surface area contributed by atoms with E-state index >= 15 is 0 Å². The molecule has 2 heterocycles. The fraction of sp³-hybridized carbons (Fsp3) is 0.0769. The van der Waals surface area contributed by atoms with Crippen LogP contribution in [0.4, 0.5) is 10.8 Å². The molecule has 5 aromatic rings. The van der Waals surface area contributed by atoms with Gasteiger partial charge in [0.25, 0.3) is 15.6 Å². The maximum Gasteiger partial charge on any atom is 0.266 e. The van der Waals surface area contributed by atoms with E-state index in [1.54, 1.807) is 61.0 Å². The maximum atomic E-state index is 13.4. The van der Waals surface area contributed by atoms with Crippen molar-refractivity contribution in [3.05, 3.63) is 94.7 Å². The van der Waals surface area contributed by atoms with Crippen LogP contribution in [0.25, 0.3) is 16.6 Å². The normalized spacial score (nSPS) is 11.3. The summed E-state index contributed by atoms with van der Waals surface area (Å²) in [5.74, 6) is 0.263. The number of para-hydroxylation sites is 1. The number of carbonyl (C=O) groups is 1. The number of nitrogens with one attached hydrogen (secondary N) is 2. The molecule has 39 heavy (non-hydrogen) atoms. The first-order chi connectivity index (χ1) is 18.8. The minimum atomic E-state index is -3.80. The molecule has 3 aromatic carbocycles. The Morgan fingerprint density at radius 2 is 1.79 bits per heavy atom. The number of aromatic nitrogens is 3. The molecule has 0 fully saturated rings. The van der Waals surface area contributed by atoms with Gasteiger partial charge in [0.05, 0.1) is 34.3 Å². The maximum absolute atomic E-state index is 13.4. The molecular weight excluding hydrogens is 559 g/mol. The molecule has 0 aliphatic rings. The van der Waals surface area contributed by atoms with E-state index in [1.807, 2.05) is 0 Å². The number of carbonyl (C=O) groups excluding carboxylic acids is 1. The molecular formula is C26H21N5O5S3. The Kier molecular flexibility index (Phi) is 7.63. The fourth-order valence-corrected chi connectivity index (χ4v) is 6.26. The minimum absolute atomic E-state index is 0.0351. The largest absolute Gasteiger partial charge is 0.497 e. The Balaban J connectivity index is 1.33. The van der Waals surface area contributed by atoms with Crippen molar-refractivity contribution in [3.8, 4) is 11.4 Å². The zero-order chi connectivity index (χ0) is 27.4. The third kappa shape index (κ3) is 5.95. The lowest BCUT2D eigenvalue weighted by Crippen LogP contribution is -2.23. The van der Waals surface area contributed by atoms with Gasteiger partial charge in [-0.3, -0.25) is 18.9 Å². The van der Waals surface area contributed by atoms with E-state index < -0.39 is 10.0 Å². The van der Waals surface area contributed by atoms with Crippen molar-refractivity contribution in [1.29, 1.82) is 0 Å². The standard InChI is InChI=1S/C26H21N5O5S3/c1-36-19-10-8-18(9-11-19)31-24(33)21-4-2-3-5-22(21)29-26(31)38-16-23(32)28-17-6-12-20(13-7-17)39(34,35)30-25-27-14-15-37-25/h2-15H,16H2,1H3,(H,27,30)(H,28,32). The predicted octanol–water partition coefficient (Wildman–Crippen LogP) is 4.38. The van der Waals surface area contributed by atoms with E-state index in [2.05, 4.69) is 20.0 Å². The SMILES string of the molecule is COc1ccc(-n2c(SCC(=O)Nc3ccc(S(=O)(=O)Nc4nccs4)cc3)nc3ccccc3c2=O)cc1. The molecule has 5 rings (SSSR count). The van der Waals surface area contributed by atoms with E-state index in [4.69, 9.17) is 4.74 Å². The van der Waals surface area contributed by atoms with Gasteiger partial charge in [-0.2, -0.15) is 0 Å². The smallest absolute Gasteiger partial charge is 0.266 e. The number of amides is 1. The Labute approximate surface area is 231 Å². The van der Waals surface area contributed by atoms with Gasteiger partial charge < -0.3 is 10.1 Å². The first kappa shape index (κ1) is 26.4. The number of thioether (sulfide) groups is 1. The summed E-state index contributed by atoms with van der Waals surface area (Å²) in [6, 6.07) is 19.8. The van der Waals surface area contributed by atoms with Gasteiger partial charge in [-0.05, 0) is 60.7 Å². The number of ether oxygens (including phenoxy) is 1. The van der Waals surface area contributed by atoms with Gasteiger partial charge in [0, 0.05) is 17.3 Å². The van der Waals surface area contributed by atoms with Gasteiger partial charge in [-0.15, -0.1) is 11.3 Å². The first-order valence-electron chi connectivity index (χ1n) is 11.5. The van der Waals surface area contributed by atoms with Crippen LogP contribution in [0.3, 0.4) is 0 Å². The van der Waals surface area contributed by atoms with E-state index in [0.717, 1.165) is 11.8 Å². The molecule has 2 N–H and O–H groups in total. The van der Waals surface area contributed by atoms with Crippen LogP contribution in [-0.4, -0.2) is 41.7 Å². The monoisotopic (exact) mass is 579 g/mol. The molecule has 10 nitrogen and oxygen atoms in total.